The van der Waals surface area contributed by atoms with E-state index in [1.165, 1.54) is 31.3 Å². The quantitative estimate of drug-likeness (QED) is 0.552. The molecule has 0 spiro atoms. The molecule has 0 bridgehead atoms. The van der Waals surface area contributed by atoms with E-state index in [0.717, 1.165) is 4.90 Å². The van der Waals surface area contributed by atoms with Gasteiger partial charge in [-0.3, -0.25) is 10.1 Å². The zero-order valence-electron chi connectivity index (χ0n) is 13.3. The molecule has 0 aliphatic heterocycles. The van der Waals surface area contributed by atoms with Crippen molar-refractivity contribution in [3.8, 4) is 11.5 Å². The Hall–Kier alpha value is -2.51. The van der Waals surface area contributed by atoms with Crippen LogP contribution in [-0.2, 0) is 0 Å². The molecule has 0 saturated carbocycles. The fraction of sp³-hybridized carbons (Fsp3) is 0.188. The number of nitro benzene ring substituents is 1. The Morgan fingerprint density at radius 1 is 1.24 bits per heavy atom. The van der Waals surface area contributed by atoms with Crippen molar-refractivity contribution in [2.24, 2.45) is 0 Å². The first-order chi connectivity index (χ1) is 11.7. The molecule has 9 heteroatoms. The topological polar surface area (TPSA) is 92.9 Å². The maximum atomic E-state index is 11.2. The van der Waals surface area contributed by atoms with Gasteiger partial charge in [0.05, 0.1) is 21.0 Å². The van der Waals surface area contributed by atoms with E-state index in [9.17, 15) is 14.9 Å². The van der Waals surface area contributed by atoms with E-state index >= 15 is 0 Å². The highest BCUT2D eigenvalue weighted by Gasteiger charge is 2.23. The number of carbonyl (C=O) groups is 1. The summed E-state index contributed by atoms with van der Waals surface area (Å²) in [4.78, 5) is 22.7. The Labute approximate surface area is 153 Å². The molecule has 0 aromatic heterocycles. The number of ether oxygens (including phenoxy) is 1. The van der Waals surface area contributed by atoms with Gasteiger partial charge in [-0.1, -0.05) is 23.2 Å². The largest absolute Gasteiger partial charge is 0.465 e. The fourth-order valence-corrected chi connectivity index (χ4v) is 2.40. The van der Waals surface area contributed by atoms with Gasteiger partial charge in [0.15, 0.2) is 0 Å². The van der Waals surface area contributed by atoms with Crippen LogP contribution in [0.25, 0.3) is 0 Å². The number of hydrogen-bond acceptors (Lipinski definition) is 4. The molecule has 0 aliphatic carbocycles. The SMILES string of the molecule is CC(c1cc([N+](=O)[O-])ccc1Oc1ccc(Cl)c(Cl)c1)N(C)C(=O)O. The second-order valence-corrected chi connectivity index (χ2v) is 6.04. The van der Waals surface area contributed by atoms with Gasteiger partial charge in [-0.25, -0.2) is 4.79 Å². The smallest absolute Gasteiger partial charge is 0.407 e. The maximum Gasteiger partial charge on any atom is 0.407 e. The summed E-state index contributed by atoms with van der Waals surface area (Å²) >= 11 is 11.8. The highest BCUT2D eigenvalue weighted by Crippen LogP contribution is 2.36. The molecule has 1 unspecified atom stereocenters. The monoisotopic (exact) mass is 384 g/mol. The minimum atomic E-state index is -1.17. The minimum absolute atomic E-state index is 0.165. The first-order valence-corrected chi connectivity index (χ1v) is 7.83. The van der Waals surface area contributed by atoms with Crippen molar-refractivity contribution in [2.45, 2.75) is 13.0 Å². The van der Waals surface area contributed by atoms with Crippen LogP contribution in [-0.4, -0.2) is 28.1 Å². The van der Waals surface area contributed by atoms with E-state index in [1.807, 2.05) is 0 Å². The van der Waals surface area contributed by atoms with Crippen LogP contribution in [0.2, 0.25) is 10.0 Å². The van der Waals surface area contributed by atoms with Crippen molar-refractivity contribution in [1.29, 1.82) is 0 Å². The molecule has 0 saturated heterocycles. The zero-order chi connectivity index (χ0) is 18.7. The first kappa shape index (κ1) is 18.8. The van der Waals surface area contributed by atoms with Gasteiger partial charge >= 0.3 is 6.09 Å². The van der Waals surface area contributed by atoms with Crippen LogP contribution in [0.5, 0.6) is 11.5 Å². The Morgan fingerprint density at radius 3 is 2.48 bits per heavy atom. The van der Waals surface area contributed by atoms with Gasteiger partial charge in [-0.2, -0.15) is 0 Å². The molecule has 2 aromatic rings. The number of amides is 1. The van der Waals surface area contributed by atoms with Gasteiger partial charge in [0, 0.05) is 30.8 Å². The Balaban J connectivity index is 2.46. The van der Waals surface area contributed by atoms with Crippen molar-refractivity contribution in [3.63, 3.8) is 0 Å². The summed E-state index contributed by atoms with van der Waals surface area (Å²) < 4.78 is 5.75. The molecule has 0 radical (unpaired) electrons. The minimum Gasteiger partial charge on any atom is -0.465 e. The van der Waals surface area contributed by atoms with Crippen molar-refractivity contribution in [3.05, 3.63) is 62.1 Å². The normalized spacial score (nSPS) is 11.7. The highest BCUT2D eigenvalue weighted by atomic mass is 35.5. The molecule has 1 atom stereocenters. The Bertz CT molecular complexity index is 828. The van der Waals surface area contributed by atoms with Gasteiger partial charge in [0.2, 0.25) is 0 Å². The summed E-state index contributed by atoms with van der Waals surface area (Å²) in [7, 11) is 1.37. The van der Waals surface area contributed by atoms with Crippen molar-refractivity contribution in [1.82, 2.24) is 4.90 Å². The molecule has 2 aromatic carbocycles. The van der Waals surface area contributed by atoms with E-state index in [-0.39, 0.29) is 11.4 Å². The molecule has 7 nitrogen and oxygen atoms in total. The van der Waals surface area contributed by atoms with E-state index in [1.54, 1.807) is 19.1 Å². The molecule has 2 rings (SSSR count). The van der Waals surface area contributed by atoms with Crippen LogP contribution in [0.4, 0.5) is 10.5 Å². The van der Waals surface area contributed by atoms with Gasteiger partial charge < -0.3 is 14.7 Å². The van der Waals surface area contributed by atoms with Gasteiger partial charge in [-0.15, -0.1) is 0 Å². The first-order valence-electron chi connectivity index (χ1n) is 7.07. The molecule has 25 heavy (non-hydrogen) atoms. The molecular formula is C16H14Cl2N2O5. The average Bonchev–Trinajstić information content (AvgIpc) is 2.56. The van der Waals surface area contributed by atoms with E-state index in [2.05, 4.69) is 0 Å². The third-order valence-electron chi connectivity index (χ3n) is 3.66. The Kier molecular flexibility index (Phi) is 5.71. The van der Waals surface area contributed by atoms with Crippen molar-refractivity contribution < 1.29 is 19.6 Å². The van der Waals surface area contributed by atoms with Crippen LogP contribution < -0.4 is 4.74 Å². The third kappa shape index (κ3) is 4.32. The van der Waals surface area contributed by atoms with Crippen LogP contribution in [0.15, 0.2) is 36.4 Å². The second-order valence-electron chi connectivity index (χ2n) is 5.23. The number of hydrogen-bond donors (Lipinski definition) is 1. The number of nitrogens with zero attached hydrogens (tertiary/aromatic N) is 2. The van der Waals surface area contributed by atoms with Crippen LogP contribution in [0.3, 0.4) is 0 Å². The molecule has 0 fully saturated rings. The maximum absolute atomic E-state index is 11.2. The molecule has 1 N–H and O–H groups in total. The molecule has 132 valence electrons. The van der Waals surface area contributed by atoms with E-state index < -0.39 is 17.1 Å². The molecular weight excluding hydrogens is 371 g/mol. The number of non-ortho nitro benzene ring substituents is 1. The van der Waals surface area contributed by atoms with E-state index in [0.29, 0.717) is 21.4 Å². The van der Waals surface area contributed by atoms with Crippen LogP contribution in [0, 0.1) is 10.1 Å². The van der Waals surface area contributed by atoms with E-state index in [4.69, 9.17) is 33.0 Å². The zero-order valence-corrected chi connectivity index (χ0v) is 14.8. The summed E-state index contributed by atoms with van der Waals surface area (Å²) in [5, 5.41) is 20.8. The van der Waals surface area contributed by atoms with Crippen molar-refractivity contribution >= 4 is 35.0 Å². The Morgan fingerprint density at radius 2 is 1.92 bits per heavy atom. The number of carboxylic acid groups (broad SMARTS) is 1. The molecule has 0 aliphatic rings. The number of halogens is 2. The van der Waals surface area contributed by atoms with Crippen LogP contribution >= 0.6 is 23.2 Å². The summed E-state index contributed by atoms with van der Waals surface area (Å²) in [6.45, 7) is 1.61. The number of nitro groups is 1. The lowest BCUT2D eigenvalue weighted by molar-refractivity contribution is -0.385. The van der Waals surface area contributed by atoms with Crippen LogP contribution in [0.1, 0.15) is 18.5 Å². The average molecular weight is 385 g/mol. The summed E-state index contributed by atoms with van der Waals surface area (Å²) in [6.07, 6.45) is -1.17. The third-order valence-corrected chi connectivity index (χ3v) is 4.39. The number of rotatable bonds is 5. The predicted octanol–water partition coefficient (Wildman–Crippen LogP) is 5.36. The summed E-state index contributed by atoms with van der Waals surface area (Å²) in [6, 6.07) is 7.96. The molecule has 1 amide bonds. The van der Waals surface area contributed by atoms with Gasteiger partial charge in [0.1, 0.15) is 11.5 Å². The standard InChI is InChI=1S/C16H14Cl2N2O5/c1-9(19(2)16(21)22)12-7-10(20(23)24)3-6-15(12)25-11-4-5-13(17)14(18)8-11/h3-9H,1-2H3,(H,21,22). The lowest BCUT2D eigenvalue weighted by Crippen LogP contribution is -2.28. The summed E-state index contributed by atoms with van der Waals surface area (Å²) in [5.41, 5.74) is 0.187. The summed E-state index contributed by atoms with van der Waals surface area (Å²) in [5.74, 6) is 0.652. The van der Waals surface area contributed by atoms with Gasteiger partial charge in [-0.05, 0) is 25.1 Å². The molecule has 0 heterocycles. The fourth-order valence-electron chi connectivity index (χ4n) is 2.11. The lowest BCUT2D eigenvalue weighted by Gasteiger charge is -2.24. The second kappa shape index (κ2) is 7.58. The number of benzene rings is 2. The predicted molar refractivity (Wildman–Crippen MR) is 93.8 cm³/mol. The lowest BCUT2D eigenvalue weighted by atomic mass is 10.1. The van der Waals surface area contributed by atoms with Crippen molar-refractivity contribution in [2.75, 3.05) is 7.05 Å². The highest BCUT2D eigenvalue weighted by molar-refractivity contribution is 6.42. The van der Waals surface area contributed by atoms with Gasteiger partial charge in [0.25, 0.3) is 5.69 Å².